The Labute approximate surface area is 123 Å². The molecule has 1 aromatic rings. The molecule has 0 aromatic heterocycles. The quantitative estimate of drug-likeness (QED) is 0.795. The number of aliphatic carboxylic acids is 1. The number of benzene rings is 1. The fourth-order valence-corrected chi connectivity index (χ4v) is 1.63. The van der Waals surface area contributed by atoms with Crippen LogP contribution in [0.25, 0.3) is 0 Å². The molecule has 1 amide bonds. The molecule has 0 aliphatic heterocycles. The SMILES string of the molecule is CN(CC(=O)NCCc1ccc(F)cc1)C(C)(C)C(=O)O. The molecule has 2 N–H and O–H groups in total. The van der Waals surface area contributed by atoms with Crippen molar-refractivity contribution in [1.82, 2.24) is 10.2 Å². The molecule has 0 radical (unpaired) electrons. The third-order valence-corrected chi connectivity index (χ3v) is 3.51. The second kappa shape index (κ2) is 7.17. The maximum Gasteiger partial charge on any atom is 0.323 e. The Hall–Kier alpha value is -1.95. The van der Waals surface area contributed by atoms with Crippen molar-refractivity contribution in [2.24, 2.45) is 0 Å². The topological polar surface area (TPSA) is 69.6 Å². The van der Waals surface area contributed by atoms with Gasteiger partial charge >= 0.3 is 5.97 Å². The lowest BCUT2D eigenvalue weighted by Gasteiger charge is -2.30. The Bertz CT molecular complexity index is 500. The molecule has 0 saturated heterocycles. The highest BCUT2D eigenvalue weighted by Gasteiger charge is 2.32. The highest BCUT2D eigenvalue weighted by Crippen LogP contribution is 2.11. The van der Waals surface area contributed by atoms with Crippen LogP contribution in [0.2, 0.25) is 0 Å². The van der Waals surface area contributed by atoms with E-state index in [-0.39, 0.29) is 18.3 Å². The van der Waals surface area contributed by atoms with E-state index in [1.54, 1.807) is 33.0 Å². The van der Waals surface area contributed by atoms with Crippen molar-refractivity contribution in [3.8, 4) is 0 Å². The molecular weight excluding hydrogens is 275 g/mol. The van der Waals surface area contributed by atoms with E-state index in [1.165, 1.54) is 17.0 Å². The Kier molecular flexibility index (Phi) is 5.84. The molecule has 1 rings (SSSR count). The molecule has 0 bridgehead atoms. The van der Waals surface area contributed by atoms with E-state index in [2.05, 4.69) is 5.32 Å². The van der Waals surface area contributed by atoms with E-state index in [0.29, 0.717) is 13.0 Å². The molecule has 0 atom stereocenters. The minimum absolute atomic E-state index is 0.00270. The van der Waals surface area contributed by atoms with Crippen LogP contribution in [0, 0.1) is 5.82 Å². The summed E-state index contributed by atoms with van der Waals surface area (Å²) in [6.45, 7) is 3.51. The number of nitrogens with one attached hydrogen (secondary N) is 1. The summed E-state index contributed by atoms with van der Waals surface area (Å²) >= 11 is 0. The van der Waals surface area contributed by atoms with Crippen LogP contribution in [-0.4, -0.2) is 47.6 Å². The molecule has 0 heterocycles. The van der Waals surface area contributed by atoms with Gasteiger partial charge in [0.1, 0.15) is 11.4 Å². The summed E-state index contributed by atoms with van der Waals surface area (Å²) in [4.78, 5) is 24.3. The summed E-state index contributed by atoms with van der Waals surface area (Å²) in [6, 6.07) is 6.09. The lowest BCUT2D eigenvalue weighted by atomic mass is 10.0. The zero-order valence-corrected chi connectivity index (χ0v) is 12.5. The first-order chi connectivity index (χ1) is 9.73. The van der Waals surface area contributed by atoms with Gasteiger partial charge in [-0.05, 0) is 45.0 Å². The molecule has 0 fully saturated rings. The zero-order valence-electron chi connectivity index (χ0n) is 12.5. The van der Waals surface area contributed by atoms with Gasteiger partial charge in [0.15, 0.2) is 0 Å². The van der Waals surface area contributed by atoms with Gasteiger partial charge < -0.3 is 10.4 Å². The maximum atomic E-state index is 12.7. The molecule has 21 heavy (non-hydrogen) atoms. The van der Waals surface area contributed by atoms with Gasteiger partial charge in [-0.2, -0.15) is 0 Å². The highest BCUT2D eigenvalue weighted by molar-refractivity contribution is 5.81. The van der Waals surface area contributed by atoms with Crippen LogP contribution in [0.1, 0.15) is 19.4 Å². The number of carbonyl (C=O) groups is 2. The fourth-order valence-electron chi connectivity index (χ4n) is 1.63. The molecule has 1 aromatic carbocycles. The van der Waals surface area contributed by atoms with E-state index < -0.39 is 11.5 Å². The van der Waals surface area contributed by atoms with Gasteiger partial charge in [-0.25, -0.2) is 4.39 Å². The van der Waals surface area contributed by atoms with Crippen molar-refractivity contribution < 1.29 is 19.1 Å². The first-order valence-electron chi connectivity index (χ1n) is 6.69. The van der Waals surface area contributed by atoms with Crippen LogP contribution >= 0.6 is 0 Å². The van der Waals surface area contributed by atoms with Crippen molar-refractivity contribution in [1.29, 1.82) is 0 Å². The molecule has 0 spiro atoms. The Morgan fingerprint density at radius 2 is 1.86 bits per heavy atom. The maximum absolute atomic E-state index is 12.7. The van der Waals surface area contributed by atoms with Crippen LogP contribution in [0.5, 0.6) is 0 Å². The largest absolute Gasteiger partial charge is 0.480 e. The van der Waals surface area contributed by atoms with Gasteiger partial charge in [-0.3, -0.25) is 14.5 Å². The number of halogens is 1. The number of hydrogen-bond donors (Lipinski definition) is 2. The molecule has 6 heteroatoms. The number of amides is 1. The Morgan fingerprint density at radius 3 is 2.38 bits per heavy atom. The third kappa shape index (κ3) is 5.15. The van der Waals surface area contributed by atoms with Crippen LogP contribution in [0.4, 0.5) is 4.39 Å². The standard InChI is InChI=1S/C15H21FN2O3/c1-15(2,14(20)21)18(3)10-13(19)17-9-8-11-4-6-12(16)7-5-11/h4-7H,8-10H2,1-3H3,(H,17,19)(H,20,21). The Balaban J connectivity index is 2.37. The number of nitrogens with zero attached hydrogens (tertiary/aromatic N) is 1. The van der Waals surface area contributed by atoms with E-state index in [0.717, 1.165) is 5.56 Å². The normalized spacial score (nSPS) is 11.5. The van der Waals surface area contributed by atoms with Gasteiger partial charge in [0.05, 0.1) is 6.54 Å². The molecule has 0 saturated carbocycles. The Morgan fingerprint density at radius 1 is 1.29 bits per heavy atom. The lowest BCUT2D eigenvalue weighted by molar-refractivity contribution is -0.149. The predicted octanol–water partition coefficient (Wildman–Crippen LogP) is 1.28. The fraction of sp³-hybridized carbons (Fsp3) is 0.467. The first-order valence-corrected chi connectivity index (χ1v) is 6.69. The van der Waals surface area contributed by atoms with Crippen molar-refractivity contribution in [3.05, 3.63) is 35.6 Å². The number of likely N-dealkylation sites (N-methyl/N-ethyl adjacent to an activating group) is 1. The summed E-state index contributed by atoms with van der Waals surface area (Å²) < 4.78 is 12.7. The van der Waals surface area contributed by atoms with E-state index in [4.69, 9.17) is 5.11 Å². The van der Waals surface area contributed by atoms with Crippen molar-refractivity contribution in [2.45, 2.75) is 25.8 Å². The second-order valence-electron chi connectivity index (χ2n) is 5.45. The predicted molar refractivity (Wildman–Crippen MR) is 77.5 cm³/mol. The zero-order chi connectivity index (χ0) is 16.0. The molecule has 116 valence electrons. The highest BCUT2D eigenvalue weighted by atomic mass is 19.1. The van der Waals surface area contributed by atoms with Crippen molar-refractivity contribution in [2.75, 3.05) is 20.1 Å². The second-order valence-corrected chi connectivity index (χ2v) is 5.45. The van der Waals surface area contributed by atoms with Crippen LogP contribution in [0.15, 0.2) is 24.3 Å². The average Bonchev–Trinajstić information content (AvgIpc) is 2.40. The number of rotatable bonds is 7. The van der Waals surface area contributed by atoms with E-state index in [9.17, 15) is 14.0 Å². The molecule has 5 nitrogen and oxygen atoms in total. The number of hydrogen-bond acceptors (Lipinski definition) is 3. The minimum Gasteiger partial charge on any atom is -0.480 e. The average molecular weight is 296 g/mol. The molecule has 0 aliphatic carbocycles. The van der Waals surface area contributed by atoms with E-state index in [1.807, 2.05) is 0 Å². The van der Waals surface area contributed by atoms with Gasteiger partial charge in [-0.1, -0.05) is 12.1 Å². The van der Waals surface area contributed by atoms with Crippen LogP contribution < -0.4 is 5.32 Å². The number of carbonyl (C=O) groups excluding carboxylic acids is 1. The summed E-state index contributed by atoms with van der Waals surface area (Å²) in [7, 11) is 1.59. The van der Waals surface area contributed by atoms with Crippen molar-refractivity contribution >= 4 is 11.9 Å². The summed E-state index contributed by atoms with van der Waals surface area (Å²) in [5, 5.41) is 11.8. The summed E-state index contributed by atoms with van der Waals surface area (Å²) in [6.07, 6.45) is 0.595. The monoisotopic (exact) mass is 296 g/mol. The molecule has 0 aliphatic rings. The number of carboxylic acid groups (broad SMARTS) is 1. The van der Waals surface area contributed by atoms with Gasteiger partial charge in [0, 0.05) is 6.54 Å². The third-order valence-electron chi connectivity index (χ3n) is 3.51. The summed E-state index contributed by atoms with van der Waals surface area (Å²) in [5.41, 5.74) is -0.176. The van der Waals surface area contributed by atoms with Gasteiger partial charge in [-0.15, -0.1) is 0 Å². The van der Waals surface area contributed by atoms with Gasteiger partial charge in [0.2, 0.25) is 5.91 Å². The minimum atomic E-state index is -1.10. The van der Waals surface area contributed by atoms with Crippen LogP contribution in [0.3, 0.4) is 0 Å². The van der Waals surface area contributed by atoms with Gasteiger partial charge in [0.25, 0.3) is 0 Å². The molecule has 0 unspecified atom stereocenters. The smallest absolute Gasteiger partial charge is 0.323 e. The number of carboxylic acids is 1. The van der Waals surface area contributed by atoms with Crippen LogP contribution in [-0.2, 0) is 16.0 Å². The first kappa shape index (κ1) is 17.1. The lowest BCUT2D eigenvalue weighted by Crippen LogP contribution is -2.51. The summed E-state index contributed by atoms with van der Waals surface area (Å²) in [5.74, 6) is -1.52. The van der Waals surface area contributed by atoms with Crippen molar-refractivity contribution in [3.63, 3.8) is 0 Å². The molecular formula is C15H21FN2O3. The van der Waals surface area contributed by atoms with E-state index >= 15 is 0 Å².